The third kappa shape index (κ3) is 2.59. The minimum atomic E-state index is 0.180. The predicted molar refractivity (Wildman–Crippen MR) is 72.3 cm³/mol. The van der Waals surface area contributed by atoms with Crippen LogP contribution in [0.4, 0.5) is 0 Å². The zero-order valence-electron chi connectivity index (χ0n) is 10.5. The Morgan fingerprint density at radius 1 is 1.47 bits per heavy atom. The lowest BCUT2D eigenvalue weighted by Crippen LogP contribution is -2.10. The molecule has 0 spiro atoms. The van der Waals surface area contributed by atoms with E-state index in [1.54, 1.807) is 0 Å². The molecule has 0 radical (unpaired) electrons. The quantitative estimate of drug-likeness (QED) is 0.625. The number of fused-ring (bicyclic) bond motifs is 1. The monoisotopic (exact) mass is 256 g/mol. The van der Waals surface area contributed by atoms with E-state index < -0.39 is 0 Å². The molecule has 0 aliphatic heterocycles. The van der Waals surface area contributed by atoms with Crippen LogP contribution in [0.3, 0.4) is 0 Å². The highest BCUT2D eigenvalue weighted by Crippen LogP contribution is 2.39. The fourth-order valence-electron chi connectivity index (χ4n) is 2.11. The van der Waals surface area contributed by atoms with Crippen molar-refractivity contribution in [3.05, 3.63) is 47.7 Å². The Morgan fingerprint density at radius 2 is 2.32 bits per heavy atom. The highest BCUT2D eigenvalue weighted by atomic mass is 16.1. The van der Waals surface area contributed by atoms with Crippen molar-refractivity contribution in [2.75, 3.05) is 0 Å². The molecule has 0 amide bonds. The molecule has 5 nitrogen and oxygen atoms in total. The summed E-state index contributed by atoms with van der Waals surface area (Å²) in [6.45, 7) is 0.551. The molecule has 1 aliphatic carbocycles. The number of carbonyl (C=O) groups excluding carboxylic acids is 1. The van der Waals surface area contributed by atoms with Gasteiger partial charge >= 0.3 is 0 Å². The molecular weight excluding hydrogens is 240 g/mol. The van der Waals surface area contributed by atoms with Crippen LogP contribution in [0.5, 0.6) is 0 Å². The van der Waals surface area contributed by atoms with Crippen molar-refractivity contribution in [2.24, 2.45) is 5.73 Å². The summed E-state index contributed by atoms with van der Waals surface area (Å²) in [6, 6.07) is 4.20. The summed E-state index contributed by atoms with van der Waals surface area (Å²) < 4.78 is 2.05. The summed E-state index contributed by atoms with van der Waals surface area (Å²) in [7, 11) is 0. The van der Waals surface area contributed by atoms with Crippen molar-refractivity contribution in [3.8, 4) is 0 Å². The van der Waals surface area contributed by atoms with Crippen LogP contribution in [0.15, 0.2) is 36.4 Å². The number of pyridine rings is 1. The summed E-state index contributed by atoms with van der Waals surface area (Å²) in [5, 5.41) is 2.97. The Kier molecular flexibility index (Phi) is 2.95. The second kappa shape index (κ2) is 4.76. The fourth-order valence-corrected chi connectivity index (χ4v) is 2.11. The largest absolute Gasteiger partial charge is 0.395 e. The molecule has 3 rings (SSSR count). The van der Waals surface area contributed by atoms with Crippen molar-refractivity contribution >= 4 is 11.9 Å². The first-order valence-electron chi connectivity index (χ1n) is 6.38. The minimum absolute atomic E-state index is 0.180. The van der Waals surface area contributed by atoms with Gasteiger partial charge in [-0.25, -0.2) is 4.98 Å². The molecule has 1 aliphatic rings. The summed E-state index contributed by atoms with van der Waals surface area (Å²) in [6.07, 6.45) is 8.85. The van der Waals surface area contributed by atoms with E-state index in [1.165, 1.54) is 24.6 Å². The third-order valence-electron chi connectivity index (χ3n) is 3.26. The van der Waals surface area contributed by atoms with Crippen molar-refractivity contribution in [2.45, 2.75) is 25.3 Å². The van der Waals surface area contributed by atoms with Crippen LogP contribution in [0.2, 0.25) is 0 Å². The second-order valence-electron chi connectivity index (χ2n) is 4.88. The number of aromatic nitrogens is 2. The second-order valence-corrected chi connectivity index (χ2v) is 4.88. The van der Waals surface area contributed by atoms with Crippen LogP contribution >= 0.6 is 0 Å². The molecule has 2 aromatic rings. The number of carbonyl (C=O) groups is 1. The van der Waals surface area contributed by atoms with Gasteiger partial charge in [0.1, 0.15) is 5.65 Å². The van der Waals surface area contributed by atoms with E-state index in [1.807, 2.05) is 12.3 Å². The first kappa shape index (κ1) is 11.8. The van der Waals surface area contributed by atoms with Gasteiger partial charge < -0.3 is 15.5 Å². The Hall–Kier alpha value is -2.30. The number of imidazole rings is 1. The van der Waals surface area contributed by atoms with Crippen molar-refractivity contribution < 1.29 is 4.79 Å². The fraction of sp³-hybridized carbons (Fsp3) is 0.286. The molecule has 3 N–H and O–H groups in total. The zero-order valence-corrected chi connectivity index (χ0v) is 10.5. The minimum Gasteiger partial charge on any atom is -0.395 e. The molecule has 0 atom stereocenters. The molecule has 0 saturated heterocycles. The number of nitrogens with zero attached hydrogens (tertiary/aromatic N) is 2. The summed E-state index contributed by atoms with van der Waals surface area (Å²) in [5.74, 6) is 0.740. The molecule has 0 bridgehead atoms. The van der Waals surface area contributed by atoms with E-state index in [9.17, 15) is 4.79 Å². The van der Waals surface area contributed by atoms with E-state index in [2.05, 4.69) is 27.0 Å². The van der Waals surface area contributed by atoms with Crippen LogP contribution in [-0.4, -0.2) is 15.7 Å². The van der Waals surface area contributed by atoms with E-state index in [0.29, 0.717) is 12.8 Å². The standard InChI is InChI=1S/C14H16N4O/c15-12(9-19)5-16-6-13-8-18-7-11(10-1-2-10)3-4-14(18)17-13/h3-5,7-10,16H,1-2,6,15H2/b12-5-. The van der Waals surface area contributed by atoms with Gasteiger partial charge in [-0.2, -0.15) is 0 Å². The van der Waals surface area contributed by atoms with Gasteiger partial charge in [-0.15, -0.1) is 0 Å². The molecule has 0 aromatic carbocycles. The number of hydrogen-bond acceptors (Lipinski definition) is 4. The average Bonchev–Trinajstić information content (AvgIpc) is 3.18. The van der Waals surface area contributed by atoms with Gasteiger partial charge in [-0.1, -0.05) is 6.07 Å². The first-order valence-corrected chi connectivity index (χ1v) is 6.38. The highest BCUT2D eigenvalue weighted by molar-refractivity contribution is 5.71. The number of rotatable bonds is 5. The van der Waals surface area contributed by atoms with Gasteiger partial charge in [0.05, 0.1) is 17.9 Å². The van der Waals surface area contributed by atoms with Crippen LogP contribution in [-0.2, 0) is 11.3 Å². The molecule has 5 heteroatoms. The first-order chi connectivity index (χ1) is 9.26. The molecule has 19 heavy (non-hydrogen) atoms. The van der Waals surface area contributed by atoms with Gasteiger partial charge in [-0.3, -0.25) is 4.79 Å². The SMILES string of the molecule is N/C(C=O)=C\NCc1cn2cc(C3CC3)ccc2n1. The van der Waals surface area contributed by atoms with Crippen molar-refractivity contribution in [1.82, 2.24) is 14.7 Å². The molecule has 1 saturated carbocycles. The lowest BCUT2D eigenvalue weighted by Gasteiger charge is -1.98. The molecule has 2 aromatic heterocycles. The molecule has 2 heterocycles. The van der Waals surface area contributed by atoms with Crippen molar-refractivity contribution in [3.63, 3.8) is 0 Å². The number of hydrogen-bond donors (Lipinski definition) is 2. The highest BCUT2D eigenvalue weighted by Gasteiger charge is 2.23. The van der Waals surface area contributed by atoms with Crippen LogP contribution in [0, 0.1) is 0 Å². The maximum absolute atomic E-state index is 10.3. The summed E-state index contributed by atoms with van der Waals surface area (Å²) in [5.41, 5.74) is 8.80. The van der Waals surface area contributed by atoms with Gasteiger partial charge in [0.25, 0.3) is 0 Å². The normalized spacial score (nSPS) is 15.7. The molecular formula is C14H16N4O. The molecule has 0 unspecified atom stereocenters. The maximum atomic E-state index is 10.3. The smallest absolute Gasteiger partial charge is 0.167 e. The Morgan fingerprint density at radius 3 is 3.05 bits per heavy atom. The summed E-state index contributed by atoms with van der Waals surface area (Å²) >= 11 is 0. The number of nitrogens with two attached hydrogens (primary N) is 1. The maximum Gasteiger partial charge on any atom is 0.167 e. The zero-order chi connectivity index (χ0) is 13.2. The Labute approximate surface area is 111 Å². The van der Waals surface area contributed by atoms with Gasteiger partial charge in [0.15, 0.2) is 6.29 Å². The number of allylic oxidation sites excluding steroid dienone is 1. The Bertz CT molecular complexity index is 640. The van der Waals surface area contributed by atoms with Crippen LogP contribution in [0.1, 0.15) is 30.0 Å². The molecule has 98 valence electrons. The van der Waals surface area contributed by atoms with Gasteiger partial charge in [-0.05, 0) is 30.4 Å². The summed E-state index contributed by atoms with van der Waals surface area (Å²) in [4.78, 5) is 14.8. The van der Waals surface area contributed by atoms with E-state index in [0.717, 1.165) is 17.3 Å². The van der Waals surface area contributed by atoms with Crippen LogP contribution in [0.25, 0.3) is 5.65 Å². The number of nitrogens with one attached hydrogen (secondary N) is 1. The van der Waals surface area contributed by atoms with E-state index in [-0.39, 0.29) is 5.70 Å². The van der Waals surface area contributed by atoms with Crippen molar-refractivity contribution in [1.29, 1.82) is 0 Å². The number of aldehydes is 1. The lowest BCUT2D eigenvalue weighted by atomic mass is 10.2. The van der Waals surface area contributed by atoms with Gasteiger partial charge in [0, 0.05) is 18.6 Å². The third-order valence-corrected chi connectivity index (χ3v) is 3.26. The average molecular weight is 256 g/mol. The Balaban J connectivity index is 1.75. The molecule has 1 fully saturated rings. The predicted octanol–water partition coefficient (Wildman–Crippen LogP) is 1.30. The topological polar surface area (TPSA) is 72.4 Å². The van der Waals surface area contributed by atoms with Gasteiger partial charge in [0.2, 0.25) is 0 Å². The van der Waals surface area contributed by atoms with E-state index in [4.69, 9.17) is 5.73 Å². The lowest BCUT2D eigenvalue weighted by molar-refractivity contribution is -0.105. The van der Waals surface area contributed by atoms with E-state index >= 15 is 0 Å². The van der Waals surface area contributed by atoms with Crippen LogP contribution < -0.4 is 11.1 Å².